The summed E-state index contributed by atoms with van der Waals surface area (Å²) in [5.41, 5.74) is 1.14. The Morgan fingerprint density at radius 2 is 1.82 bits per heavy atom. The molecule has 0 saturated carbocycles. The van der Waals surface area contributed by atoms with Crippen molar-refractivity contribution in [2.75, 3.05) is 25.6 Å². The average molecular weight is 383 g/mol. The number of pyridine rings is 1. The molecule has 1 aliphatic rings. The number of hydrogen-bond donors (Lipinski definition) is 2. The second-order valence-corrected chi connectivity index (χ2v) is 6.28. The molecule has 1 atom stereocenters. The predicted octanol–water partition coefficient (Wildman–Crippen LogP) is 2.03. The van der Waals surface area contributed by atoms with Gasteiger partial charge in [-0.25, -0.2) is 9.78 Å². The molecule has 0 spiro atoms. The highest BCUT2D eigenvalue weighted by Crippen LogP contribution is 2.13. The first-order valence-electron chi connectivity index (χ1n) is 8.93. The van der Waals surface area contributed by atoms with Gasteiger partial charge in [0.2, 0.25) is 0 Å². The number of nitrogens with zero attached hydrogens (tertiary/aromatic N) is 1. The summed E-state index contributed by atoms with van der Waals surface area (Å²) >= 11 is 0. The van der Waals surface area contributed by atoms with E-state index in [0.29, 0.717) is 17.8 Å². The third-order valence-corrected chi connectivity index (χ3v) is 4.29. The van der Waals surface area contributed by atoms with Gasteiger partial charge in [-0.1, -0.05) is 6.07 Å². The predicted molar refractivity (Wildman–Crippen MR) is 101 cm³/mol. The minimum Gasteiger partial charge on any atom is -0.465 e. The van der Waals surface area contributed by atoms with E-state index in [4.69, 9.17) is 4.74 Å². The maximum atomic E-state index is 12.4. The molecule has 2 amide bonds. The normalized spacial score (nSPS) is 15.7. The minimum absolute atomic E-state index is 0.0309. The van der Waals surface area contributed by atoms with Crippen LogP contribution in [0, 0.1) is 0 Å². The summed E-state index contributed by atoms with van der Waals surface area (Å²) in [6, 6.07) is 10.9. The van der Waals surface area contributed by atoms with Gasteiger partial charge in [-0.15, -0.1) is 0 Å². The Labute approximate surface area is 162 Å². The summed E-state index contributed by atoms with van der Waals surface area (Å²) in [4.78, 5) is 40.2. The van der Waals surface area contributed by atoms with E-state index in [1.165, 1.54) is 13.2 Å². The molecule has 8 heteroatoms. The van der Waals surface area contributed by atoms with Gasteiger partial charge >= 0.3 is 5.97 Å². The number of amides is 2. The number of rotatable bonds is 6. The topological polar surface area (TPSA) is 107 Å². The van der Waals surface area contributed by atoms with Gasteiger partial charge in [-0.05, 0) is 49.2 Å². The van der Waals surface area contributed by atoms with Crippen LogP contribution in [0.3, 0.4) is 0 Å². The van der Waals surface area contributed by atoms with Gasteiger partial charge < -0.3 is 20.1 Å². The van der Waals surface area contributed by atoms with Crippen molar-refractivity contribution in [2.45, 2.75) is 18.9 Å². The SMILES string of the molecule is COC(=O)c1ccc(NC(=O)c2cccc(C(=O)NCC3CCCO3)n2)cc1. The molecule has 8 nitrogen and oxygen atoms in total. The van der Waals surface area contributed by atoms with Gasteiger partial charge in [-0.3, -0.25) is 9.59 Å². The highest BCUT2D eigenvalue weighted by Gasteiger charge is 2.18. The van der Waals surface area contributed by atoms with E-state index in [2.05, 4.69) is 20.4 Å². The van der Waals surface area contributed by atoms with E-state index in [9.17, 15) is 14.4 Å². The third kappa shape index (κ3) is 4.92. The fourth-order valence-corrected chi connectivity index (χ4v) is 2.79. The number of nitrogens with one attached hydrogen (secondary N) is 2. The maximum absolute atomic E-state index is 12.4. The lowest BCUT2D eigenvalue weighted by Crippen LogP contribution is -2.32. The van der Waals surface area contributed by atoms with Crippen LogP contribution in [0.2, 0.25) is 0 Å². The van der Waals surface area contributed by atoms with Crippen LogP contribution in [0.25, 0.3) is 0 Å². The monoisotopic (exact) mass is 383 g/mol. The van der Waals surface area contributed by atoms with Crippen molar-refractivity contribution in [1.82, 2.24) is 10.3 Å². The lowest BCUT2D eigenvalue weighted by Gasteiger charge is -2.11. The van der Waals surface area contributed by atoms with Crippen molar-refractivity contribution < 1.29 is 23.9 Å². The minimum atomic E-state index is -0.459. The molecular weight excluding hydrogens is 362 g/mol. The molecule has 28 heavy (non-hydrogen) atoms. The van der Waals surface area contributed by atoms with Gasteiger partial charge in [0.05, 0.1) is 18.8 Å². The van der Waals surface area contributed by atoms with Gasteiger partial charge in [0, 0.05) is 18.8 Å². The molecule has 1 aliphatic heterocycles. The van der Waals surface area contributed by atoms with Crippen molar-refractivity contribution in [3.63, 3.8) is 0 Å². The van der Waals surface area contributed by atoms with Crippen LogP contribution < -0.4 is 10.6 Å². The van der Waals surface area contributed by atoms with Gasteiger partial charge in [0.15, 0.2) is 0 Å². The molecule has 2 N–H and O–H groups in total. The van der Waals surface area contributed by atoms with Crippen LogP contribution in [-0.4, -0.2) is 49.1 Å². The lowest BCUT2D eigenvalue weighted by molar-refractivity contribution is 0.0600. The van der Waals surface area contributed by atoms with E-state index in [1.54, 1.807) is 36.4 Å². The van der Waals surface area contributed by atoms with E-state index >= 15 is 0 Å². The molecule has 1 aromatic heterocycles. The zero-order valence-electron chi connectivity index (χ0n) is 15.4. The molecule has 1 unspecified atom stereocenters. The Morgan fingerprint density at radius 1 is 1.11 bits per heavy atom. The molecule has 2 aromatic rings. The fraction of sp³-hybridized carbons (Fsp3) is 0.300. The Morgan fingerprint density at radius 3 is 2.46 bits per heavy atom. The summed E-state index contributed by atoms with van der Waals surface area (Å²) in [5.74, 6) is -1.27. The summed E-state index contributed by atoms with van der Waals surface area (Å²) in [6.07, 6.45) is 1.95. The number of carbonyl (C=O) groups excluding carboxylic acids is 3. The van der Waals surface area contributed by atoms with Crippen LogP contribution in [0.1, 0.15) is 44.2 Å². The van der Waals surface area contributed by atoms with Crippen molar-refractivity contribution >= 4 is 23.5 Å². The molecule has 3 rings (SSSR count). The molecule has 2 heterocycles. The molecule has 0 radical (unpaired) electrons. The lowest BCUT2D eigenvalue weighted by atomic mass is 10.2. The standard InChI is InChI=1S/C20H21N3O5/c1-27-20(26)13-7-9-14(10-8-13)22-19(25)17-6-2-5-16(23-17)18(24)21-12-15-4-3-11-28-15/h2,5-10,15H,3-4,11-12H2,1H3,(H,21,24)(H,22,25). The number of anilines is 1. The Hall–Kier alpha value is -3.26. The Kier molecular flexibility index (Phi) is 6.33. The number of ether oxygens (including phenoxy) is 2. The highest BCUT2D eigenvalue weighted by molar-refractivity contribution is 6.04. The van der Waals surface area contributed by atoms with Gasteiger partial charge in [0.25, 0.3) is 11.8 Å². The van der Waals surface area contributed by atoms with Gasteiger partial charge in [0.1, 0.15) is 11.4 Å². The van der Waals surface area contributed by atoms with Crippen molar-refractivity contribution in [2.24, 2.45) is 0 Å². The molecule has 1 saturated heterocycles. The van der Waals surface area contributed by atoms with Crippen LogP contribution in [0.4, 0.5) is 5.69 Å². The average Bonchev–Trinajstić information content (AvgIpc) is 3.25. The molecule has 0 aliphatic carbocycles. The zero-order chi connectivity index (χ0) is 19.9. The maximum Gasteiger partial charge on any atom is 0.337 e. The van der Waals surface area contributed by atoms with Crippen LogP contribution in [-0.2, 0) is 9.47 Å². The third-order valence-electron chi connectivity index (χ3n) is 4.29. The Bertz CT molecular complexity index is 860. The number of methoxy groups -OCH3 is 1. The van der Waals surface area contributed by atoms with E-state index < -0.39 is 11.9 Å². The first-order valence-corrected chi connectivity index (χ1v) is 8.93. The number of benzene rings is 1. The first-order chi connectivity index (χ1) is 13.6. The van der Waals surface area contributed by atoms with Gasteiger partial charge in [-0.2, -0.15) is 0 Å². The summed E-state index contributed by atoms with van der Waals surface area (Å²) in [6.45, 7) is 1.14. The zero-order valence-corrected chi connectivity index (χ0v) is 15.4. The Balaban J connectivity index is 1.61. The van der Waals surface area contributed by atoms with E-state index in [0.717, 1.165) is 19.4 Å². The van der Waals surface area contributed by atoms with Crippen molar-refractivity contribution in [1.29, 1.82) is 0 Å². The highest BCUT2D eigenvalue weighted by atomic mass is 16.5. The summed E-state index contributed by atoms with van der Waals surface area (Å²) < 4.78 is 10.1. The number of carbonyl (C=O) groups is 3. The number of esters is 1. The van der Waals surface area contributed by atoms with E-state index in [1.807, 2.05) is 0 Å². The largest absolute Gasteiger partial charge is 0.465 e. The molecule has 1 fully saturated rings. The quantitative estimate of drug-likeness (QED) is 0.739. The first kappa shape index (κ1) is 19.5. The molecule has 146 valence electrons. The fourth-order valence-electron chi connectivity index (χ4n) is 2.79. The molecule has 0 bridgehead atoms. The summed E-state index contributed by atoms with van der Waals surface area (Å²) in [7, 11) is 1.30. The molecule has 1 aromatic carbocycles. The second-order valence-electron chi connectivity index (χ2n) is 6.28. The number of aromatic nitrogens is 1. The summed E-state index contributed by atoms with van der Waals surface area (Å²) in [5, 5.41) is 5.46. The van der Waals surface area contributed by atoms with Crippen LogP contribution >= 0.6 is 0 Å². The van der Waals surface area contributed by atoms with Crippen molar-refractivity contribution in [3.05, 3.63) is 59.4 Å². The second kappa shape index (κ2) is 9.09. The van der Waals surface area contributed by atoms with Crippen LogP contribution in [0.15, 0.2) is 42.5 Å². The van der Waals surface area contributed by atoms with Crippen LogP contribution in [0.5, 0.6) is 0 Å². The number of hydrogen-bond acceptors (Lipinski definition) is 6. The van der Waals surface area contributed by atoms with Crippen molar-refractivity contribution in [3.8, 4) is 0 Å². The smallest absolute Gasteiger partial charge is 0.337 e. The molecular formula is C20H21N3O5. The van der Waals surface area contributed by atoms with E-state index in [-0.39, 0.29) is 23.4 Å².